The third-order valence-electron chi connectivity index (χ3n) is 4.49. The lowest BCUT2D eigenvalue weighted by atomic mass is 10.1. The smallest absolute Gasteiger partial charge is 0.337 e. The van der Waals surface area contributed by atoms with E-state index < -0.39 is 0 Å². The predicted octanol–water partition coefficient (Wildman–Crippen LogP) is 4.02. The zero-order chi connectivity index (χ0) is 16.7. The summed E-state index contributed by atoms with van der Waals surface area (Å²) in [5, 5.41) is 1.18. The highest BCUT2D eigenvalue weighted by atomic mass is 16.5. The van der Waals surface area contributed by atoms with Gasteiger partial charge in [0, 0.05) is 17.6 Å². The number of carbonyl (C=O) groups excluding carboxylic acids is 1. The summed E-state index contributed by atoms with van der Waals surface area (Å²) < 4.78 is 4.75. The number of rotatable bonds is 2. The molecule has 2 heterocycles. The Balaban J connectivity index is 1.74. The fraction of sp³-hybridized carbons (Fsp3) is 0.200. The molecule has 0 saturated carbocycles. The first-order valence-corrected chi connectivity index (χ1v) is 8.02. The molecule has 4 rings (SSSR count). The lowest BCUT2D eigenvalue weighted by molar-refractivity contribution is 0.0601. The molecule has 0 aliphatic carbocycles. The van der Waals surface area contributed by atoms with Crippen molar-refractivity contribution in [3.8, 4) is 0 Å². The Labute approximate surface area is 140 Å². The largest absolute Gasteiger partial charge is 0.465 e. The molecular weight excluding hydrogens is 300 g/mol. The van der Waals surface area contributed by atoms with E-state index >= 15 is 0 Å². The Bertz CT molecular complexity index is 932. The van der Waals surface area contributed by atoms with Gasteiger partial charge in [-0.1, -0.05) is 12.1 Å². The quantitative estimate of drug-likeness (QED) is 0.669. The van der Waals surface area contributed by atoms with Crippen LogP contribution in [0.15, 0.2) is 48.5 Å². The number of carbonyl (C=O) groups is 1. The van der Waals surface area contributed by atoms with E-state index in [1.54, 1.807) is 12.1 Å². The van der Waals surface area contributed by atoms with E-state index in [-0.39, 0.29) is 5.97 Å². The molecule has 0 amide bonds. The number of hydrogen-bond donors (Lipinski definition) is 0. The molecular formula is C20H18N2O2. The second kappa shape index (κ2) is 5.64. The number of aromatic nitrogens is 1. The monoisotopic (exact) mass is 318 g/mol. The van der Waals surface area contributed by atoms with E-state index in [1.165, 1.54) is 23.6 Å². The highest BCUT2D eigenvalue weighted by molar-refractivity contribution is 5.90. The van der Waals surface area contributed by atoms with Crippen molar-refractivity contribution in [1.29, 1.82) is 0 Å². The first-order valence-electron chi connectivity index (χ1n) is 8.02. The molecule has 0 N–H and O–H groups in total. The summed E-state index contributed by atoms with van der Waals surface area (Å²) in [4.78, 5) is 18.7. The third-order valence-corrected chi connectivity index (χ3v) is 4.49. The summed E-state index contributed by atoms with van der Waals surface area (Å²) in [6.07, 6.45) is 0.977. The summed E-state index contributed by atoms with van der Waals surface area (Å²) >= 11 is 0. The number of aryl methyl sites for hydroxylation is 1. The summed E-state index contributed by atoms with van der Waals surface area (Å²) in [6.45, 7) is 2.98. The van der Waals surface area contributed by atoms with Crippen LogP contribution in [0.1, 0.15) is 21.5 Å². The molecule has 4 nitrogen and oxygen atoms in total. The van der Waals surface area contributed by atoms with Crippen LogP contribution in [-0.4, -0.2) is 24.6 Å². The number of esters is 1. The van der Waals surface area contributed by atoms with Gasteiger partial charge in [0.25, 0.3) is 0 Å². The minimum Gasteiger partial charge on any atom is -0.465 e. The first-order chi connectivity index (χ1) is 11.7. The van der Waals surface area contributed by atoms with Crippen molar-refractivity contribution < 1.29 is 9.53 Å². The highest BCUT2D eigenvalue weighted by Crippen LogP contribution is 2.35. The molecule has 0 fully saturated rings. The molecule has 0 radical (unpaired) electrons. The van der Waals surface area contributed by atoms with E-state index in [0.29, 0.717) is 5.56 Å². The lowest BCUT2D eigenvalue weighted by Gasteiger charge is -2.19. The molecule has 1 aromatic heterocycles. The summed E-state index contributed by atoms with van der Waals surface area (Å²) in [7, 11) is 1.39. The molecule has 0 bridgehead atoms. The lowest BCUT2D eigenvalue weighted by Crippen LogP contribution is -2.14. The van der Waals surface area contributed by atoms with Crippen molar-refractivity contribution >= 4 is 28.4 Å². The van der Waals surface area contributed by atoms with Gasteiger partial charge in [-0.2, -0.15) is 0 Å². The topological polar surface area (TPSA) is 42.4 Å². The van der Waals surface area contributed by atoms with Crippen molar-refractivity contribution in [2.24, 2.45) is 0 Å². The number of pyridine rings is 1. The molecule has 3 aromatic rings. The maximum absolute atomic E-state index is 11.6. The standard InChI is InChI=1S/C20H18N2O2/c1-13-3-4-15-12-16-9-10-22(19(16)21-18(15)11-13)17-7-5-14(6-8-17)20(23)24-2/h3-8,11-12H,9-10H2,1-2H3. The second-order valence-corrected chi connectivity index (χ2v) is 6.11. The van der Waals surface area contributed by atoms with Crippen LogP contribution in [-0.2, 0) is 11.2 Å². The summed E-state index contributed by atoms with van der Waals surface area (Å²) in [5.41, 5.74) is 5.10. The van der Waals surface area contributed by atoms with Crippen LogP contribution in [0.25, 0.3) is 10.9 Å². The summed E-state index contributed by atoms with van der Waals surface area (Å²) in [6, 6.07) is 16.1. The van der Waals surface area contributed by atoms with Gasteiger partial charge in [-0.3, -0.25) is 0 Å². The van der Waals surface area contributed by atoms with Crippen molar-refractivity contribution in [3.63, 3.8) is 0 Å². The van der Waals surface area contributed by atoms with Crippen LogP contribution in [0, 0.1) is 6.92 Å². The average molecular weight is 318 g/mol. The SMILES string of the molecule is COC(=O)c1ccc(N2CCc3cc4ccc(C)cc4nc32)cc1. The molecule has 1 aliphatic rings. The van der Waals surface area contributed by atoms with Crippen molar-refractivity contribution in [2.75, 3.05) is 18.6 Å². The zero-order valence-electron chi connectivity index (χ0n) is 13.7. The van der Waals surface area contributed by atoms with E-state index in [0.717, 1.165) is 30.0 Å². The van der Waals surface area contributed by atoms with Crippen LogP contribution in [0.2, 0.25) is 0 Å². The van der Waals surface area contributed by atoms with Crippen LogP contribution in [0.5, 0.6) is 0 Å². The highest BCUT2D eigenvalue weighted by Gasteiger charge is 2.23. The van der Waals surface area contributed by atoms with Gasteiger partial charge in [0.1, 0.15) is 5.82 Å². The van der Waals surface area contributed by atoms with Crippen LogP contribution < -0.4 is 4.90 Å². The summed E-state index contributed by atoms with van der Waals surface area (Å²) in [5.74, 6) is 0.696. The second-order valence-electron chi connectivity index (χ2n) is 6.11. The number of fused-ring (bicyclic) bond motifs is 2. The first kappa shape index (κ1) is 14.7. The molecule has 0 saturated heterocycles. The van der Waals surface area contributed by atoms with Gasteiger partial charge in [-0.15, -0.1) is 0 Å². The fourth-order valence-corrected chi connectivity index (χ4v) is 3.21. The van der Waals surface area contributed by atoms with Crippen molar-refractivity contribution in [3.05, 3.63) is 65.2 Å². The molecule has 120 valence electrons. The number of hydrogen-bond acceptors (Lipinski definition) is 4. The Kier molecular flexibility index (Phi) is 3.45. The van der Waals surface area contributed by atoms with E-state index in [4.69, 9.17) is 9.72 Å². The van der Waals surface area contributed by atoms with Crippen molar-refractivity contribution in [1.82, 2.24) is 4.98 Å². The van der Waals surface area contributed by atoms with Gasteiger partial charge in [0.15, 0.2) is 0 Å². The van der Waals surface area contributed by atoms with Gasteiger partial charge >= 0.3 is 5.97 Å². The van der Waals surface area contributed by atoms with E-state index in [1.807, 2.05) is 12.1 Å². The Morgan fingerprint density at radius 2 is 1.92 bits per heavy atom. The number of methoxy groups -OCH3 is 1. The number of benzene rings is 2. The molecule has 1 aliphatic heterocycles. The van der Waals surface area contributed by atoms with Gasteiger partial charge in [0.05, 0.1) is 18.2 Å². The Morgan fingerprint density at radius 1 is 1.12 bits per heavy atom. The van der Waals surface area contributed by atoms with Gasteiger partial charge in [-0.25, -0.2) is 9.78 Å². The predicted molar refractivity (Wildman–Crippen MR) is 95.0 cm³/mol. The minimum atomic E-state index is -0.317. The molecule has 0 atom stereocenters. The van der Waals surface area contributed by atoms with Gasteiger partial charge in [0.2, 0.25) is 0 Å². The maximum atomic E-state index is 11.6. The fourth-order valence-electron chi connectivity index (χ4n) is 3.21. The maximum Gasteiger partial charge on any atom is 0.337 e. The van der Waals surface area contributed by atoms with E-state index in [9.17, 15) is 4.79 Å². The molecule has 4 heteroatoms. The number of nitrogens with zero attached hydrogens (tertiary/aromatic N) is 2. The number of anilines is 2. The van der Waals surface area contributed by atoms with Gasteiger partial charge in [-0.05, 0) is 60.9 Å². The van der Waals surface area contributed by atoms with E-state index in [2.05, 4.69) is 36.1 Å². The van der Waals surface area contributed by atoms with Gasteiger partial charge < -0.3 is 9.64 Å². The Morgan fingerprint density at radius 3 is 2.67 bits per heavy atom. The zero-order valence-corrected chi connectivity index (χ0v) is 13.7. The number of ether oxygens (including phenoxy) is 1. The van der Waals surface area contributed by atoms with Crippen LogP contribution in [0.3, 0.4) is 0 Å². The molecule has 24 heavy (non-hydrogen) atoms. The normalized spacial score (nSPS) is 13.2. The molecule has 0 spiro atoms. The molecule has 0 unspecified atom stereocenters. The van der Waals surface area contributed by atoms with Crippen LogP contribution in [0.4, 0.5) is 11.5 Å². The Hall–Kier alpha value is -2.88. The van der Waals surface area contributed by atoms with Crippen molar-refractivity contribution in [2.45, 2.75) is 13.3 Å². The molecule has 2 aromatic carbocycles. The van der Waals surface area contributed by atoms with Crippen LogP contribution >= 0.6 is 0 Å². The minimum absolute atomic E-state index is 0.317. The average Bonchev–Trinajstić information content (AvgIpc) is 3.02. The third kappa shape index (κ3) is 2.40.